The Morgan fingerprint density at radius 3 is 2.84 bits per heavy atom. The van der Waals surface area contributed by atoms with Gasteiger partial charge < -0.3 is 4.74 Å². The molecule has 1 aromatic carbocycles. The highest BCUT2D eigenvalue weighted by atomic mass is 35.5. The van der Waals surface area contributed by atoms with Gasteiger partial charge in [-0.05, 0) is 18.2 Å². The lowest BCUT2D eigenvalue weighted by Gasteiger charge is -2.03. The summed E-state index contributed by atoms with van der Waals surface area (Å²) < 4.78 is 7.53. The standard InChI is InChI=1S/C14H12ClN3O/c1-18-13-5-3-2-4-11(13)12(17-18)9-19-10-6-7-14(15)16-8-10/h2-8H,9H2,1H3. The molecule has 96 valence electrons. The number of pyridine rings is 1. The topological polar surface area (TPSA) is 39.9 Å². The largest absolute Gasteiger partial charge is 0.486 e. The maximum absolute atomic E-state index is 5.73. The van der Waals surface area contributed by atoms with Gasteiger partial charge in [0.25, 0.3) is 0 Å². The van der Waals surface area contributed by atoms with E-state index in [2.05, 4.69) is 10.1 Å². The van der Waals surface area contributed by atoms with E-state index in [9.17, 15) is 0 Å². The van der Waals surface area contributed by atoms with Crippen molar-refractivity contribution in [2.45, 2.75) is 6.61 Å². The third-order valence-corrected chi connectivity index (χ3v) is 3.13. The molecule has 0 atom stereocenters. The Balaban J connectivity index is 1.84. The number of fused-ring (bicyclic) bond motifs is 1. The number of rotatable bonds is 3. The van der Waals surface area contributed by atoms with Crippen LogP contribution in [0.3, 0.4) is 0 Å². The molecule has 5 heteroatoms. The van der Waals surface area contributed by atoms with E-state index in [4.69, 9.17) is 16.3 Å². The molecule has 0 fully saturated rings. The summed E-state index contributed by atoms with van der Waals surface area (Å²) in [5.74, 6) is 0.680. The minimum atomic E-state index is 0.407. The molecule has 0 radical (unpaired) electrons. The number of para-hydroxylation sites is 1. The van der Waals surface area contributed by atoms with Crippen LogP contribution in [0.5, 0.6) is 5.75 Å². The van der Waals surface area contributed by atoms with Gasteiger partial charge in [0.15, 0.2) is 0 Å². The number of nitrogens with zero attached hydrogens (tertiary/aromatic N) is 3. The van der Waals surface area contributed by atoms with Crippen LogP contribution in [0.4, 0.5) is 0 Å². The number of aromatic nitrogens is 3. The van der Waals surface area contributed by atoms with E-state index in [1.165, 1.54) is 0 Å². The molecule has 0 unspecified atom stereocenters. The predicted molar refractivity (Wildman–Crippen MR) is 74.3 cm³/mol. The summed E-state index contributed by atoms with van der Waals surface area (Å²) in [6.45, 7) is 0.407. The third kappa shape index (κ3) is 2.39. The van der Waals surface area contributed by atoms with Crippen molar-refractivity contribution in [3.63, 3.8) is 0 Å². The summed E-state index contributed by atoms with van der Waals surface area (Å²) in [6.07, 6.45) is 1.60. The highest BCUT2D eigenvalue weighted by Crippen LogP contribution is 2.19. The molecule has 0 aliphatic heterocycles. The summed E-state index contributed by atoms with van der Waals surface area (Å²) in [5, 5.41) is 6.03. The van der Waals surface area contributed by atoms with Crippen molar-refractivity contribution in [1.82, 2.24) is 14.8 Å². The average Bonchev–Trinajstić information content (AvgIpc) is 2.76. The number of halogens is 1. The highest BCUT2D eigenvalue weighted by molar-refractivity contribution is 6.29. The lowest BCUT2D eigenvalue weighted by Crippen LogP contribution is -1.98. The number of hydrogen-bond acceptors (Lipinski definition) is 3. The van der Waals surface area contributed by atoms with Crippen molar-refractivity contribution in [2.75, 3.05) is 0 Å². The molecule has 0 aliphatic carbocycles. The van der Waals surface area contributed by atoms with Gasteiger partial charge in [0.2, 0.25) is 0 Å². The van der Waals surface area contributed by atoms with Crippen molar-refractivity contribution < 1.29 is 4.74 Å². The van der Waals surface area contributed by atoms with Gasteiger partial charge in [-0.3, -0.25) is 4.68 Å². The Labute approximate surface area is 115 Å². The maximum Gasteiger partial charge on any atom is 0.138 e. The van der Waals surface area contributed by atoms with Gasteiger partial charge >= 0.3 is 0 Å². The fourth-order valence-corrected chi connectivity index (χ4v) is 2.11. The van der Waals surface area contributed by atoms with E-state index >= 15 is 0 Å². The zero-order valence-electron chi connectivity index (χ0n) is 10.4. The van der Waals surface area contributed by atoms with Crippen LogP contribution < -0.4 is 4.74 Å². The lowest BCUT2D eigenvalue weighted by atomic mass is 10.2. The molecule has 0 spiro atoms. The van der Waals surface area contributed by atoms with Gasteiger partial charge in [-0.1, -0.05) is 29.8 Å². The smallest absolute Gasteiger partial charge is 0.138 e. The average molecular weight is 274 g/mol. The second-order valence-corrected chi connectivity index (χ2v) is 4.58. The zero-order chi connectivity index (χ0) is 13.2. The molecule has 0 saturated heterocycles. The van der Waals surface area contributed by atoms with Gasteiger partial charge in [0.05, 0.1) is 11.7 Å². The van der Waals surface area contributed by atoms with Crippen molar-refractivity contribution in [3.05, 3.63) is 53.4 Å². The first-order valence-corrected chi connectivity index (χ1v) is 6.27. The van der Waals surface area contributed by atoms with E-state index in [0.29, 0.717) is 17.5 Å². The van der Waals surface area contributed by atoms with E-state index in [0.717, 1.165) is 16.6 Å². The monoisotopic (exact) mass is 273 g/mol. The zero-order valence-corrected chi connectivity index (χ0v) is 11.1. The number of hydrogen-bond donors (Lipinski definition) is 0. The highest BCUT2D eigenvalue weighted by Gasteiger charge is 2.08. The fraction of sp³-hybridized carbons (Fsp3) is 0.143. The Morgan fingerprint density at radius 1 is 1.21 bits per heavy atom. The lowest BCUT2D eigenvalue weighted by molar-refractivity contribution is 0.300. The number of benzene rings is 1. The summed E-state index contributed by atoms with van der Waals surface area (Å²) in [7, 11) is 1.93. The van der Waals surface area contributed by atoms with Gasteiger partial charge in [-0.2, -0.15) is 5.10 Å². The normalized spacial score (nSPS) is 10.8. The summed E-state index contributed by atoms with van der Waals surface area (Å²) in [4.78, 5) is 3.97. The van der Waals surface area contributed by atoms with Gasteiger partial charge in [-0.25, -0.2) is 4.98 Å². The third-order valence-electron chi connectivity index (χ3n) is 2.91. The molecule has 2 aromatic heterocycles. The molecular formula is C14H12ClN3O. The van der Waals surface area contributed by atoms with E-state index in [1.54, 1.807) is 18.3 Å². The van der Waals surface area contributed by atoms with Crippen LogP contribution in [0.15, 0.2) is 42.6 Å². The van der Waals surface area contributed by atoms with Gasteiger partial charge in [0, 0.05) is 12.4 Å². The van der Waals surface area contributed by atoms with Gasteiger partial charge in [-0.15, -0.1) is 0 Å². The van der Waals surface area contributed by atoms with Gasteiger partial charge in [0.1, 0.15) is 23.2 Å². The minimum Gasteiger partial charge on any atom is -0.486 e. The van der Waals surface area contributed by atoms with Crippen LogP contribution in [0, 0.1) is 0 Å². The van der Waals surface area contributed by atoms with Crippen LogP contribution in [-0.4, -0.2) is 14.8 Å². The first kappa shape index (κ1) is 12.0. The van der Waals surface area contributed by atoms with Crippen LogP contribution in [0.25, 0.3) is 10.9 Å². The van der Waals surface area contributed by atoms with E-state index in [1.807, 2.05) is 36.0 Å². The molecular weight excluding hydrogens is 262 g/mol. The van der Waals surface area contributed by atoms with E-state index in [-0.39, 0.29) is 0 Å². The fourth-order valence-electron chi connectivity index (χ4n) is 1.99. The SMILES string of the molecule is Cn1nc(COc2ccc(Cl)nc2)c2ccccc21. The predicted octanol–water partition coefficient (Wildman–Crippen LogP) is 3.20. The Morgan fingerprint density at radius 2 is 2.05 bits per heavy atom. The second-order valence-electron chi connectivity index (χ2n) is 4.19. The molecule has 4 nitrogen and oxygen atoms in total. The molecule has 19 heavy (non-hydrogen) atoms. The summed E-state index contributed by atoms with van der Waals surface area (Å²) in [5.41, 5.74) is 2.00. The molecule has 0 bridgehead atoms. The molecule has 0 aliphatic rings. The molecule has 0 N–H and O–H groups in total. The molecule has 2 heterocycles. The Bertz CT molecular complexity index is 706. The second kappa shape index (κ2) is 4.90. The summed E-state index contributed by atoms with van der Waals surface area (Å²) >= 11 is 5.73. The summed E-state index contributed by atoms with van der Waals surface area (Å²) in [6, 6.07) is 11.6. The van der Waals surface area contributed by atoms with Crippen LogP contribution in [-0.2, 0) is 13.7 Å². The maximum atomic E-state index is 5.73. The van der Waals surface area contributed by atoms with Crippen LogP contribution in [0.1, 0.15) is 5.69 Å². The minimum absolute atomic E-state index is 0.407. The van der Waals surface area contributed by atoms with E-state index < -0.39 is 0 Å². The van der Waals surface area contributed by atoms with Crippen molar-refractivity contribution >= 4 is 22.5 Å². The number of aryl methyl sites for hydroxylation is 1. The number of ether oxygens (including phenoxy) is 1. The van der Waals surface area contributed by atoms with Crippen molar-refractivity contribution in [3.8, 4) is 5.75 Å². The molecule has 3 rings (SSSR count). The van der Waals surface area contributed by atoms with Crippen LogP contribution in [0.2, 0.25) is 5.15 Å². The Hall–Kier alpha value is -2.07. The molecule has 3 aromatic rings. The quantitative estimate of drug-likeness (QED) is 0.688. The molecule has 0 saturated carbocycles. The first-order valence-electron chi connectivity index (χ1n) is 5.89. The van der Waals surface area contributed by atoms with Crippen molar-refractivity contribution in [2.24, 2.45) is 7.05 Å². The van der Waals surface area contributed by atoms with Crippen LogP contribution >= 0.6 is 11.6 Å². The van der Waals surface area contributed by atoms with Crippen molar-refractivity contribution in [1.29, 1.82) is 0 Å². The molecule has 0 amide bonds. The first-order chi connectivity index (χ1) is 9.24. The Kier molecular flexibility index (Phi) is 3.09.